The van der Waals surface area contributed by atoms with Gasteiger partial charge in [-0.15, -0.1) is 0 Å². The second kappa shape index (κ2) is 8.26. The topological polar surface area (TPSA) is 76.2 Å². The standard InChI is InChI=1S/C21H22N2O5S/c24-21(9-6-17-4-2-1-3-5-17)22-10-12-23(13-11-22)29(25,26)18-7-8-19-20(16-18)28-15-14-27-19/h1-9,16H,10-15H2/b9-6+. The third kappa shape index (κ3) is 4.28. The number of fused-ring (bicyclic) bond motifs is 1. The molecule has 2 heterocycles. The Kier molecular flexibility index (Phi) is 5.55. The fourth-order valence-electron chi connectivity index (χ4n) is 3.32. The van der Waals surface area contributed by atoms with Crippen LogP contribution in [0.4, 0.5) is 0 Å². The minimum Gasteiger partial charge on any atom is -0.486 e. The summed E-state index contributed by atoms with van der Waals surface area (Å²) in [5.41, 5.74) is 0.945. The van der Waals surface area contributed by atoms with E-state index in [9.17, 15) is 13.2 Å². The molecule has 2 aliphatic heterocycles. The molecule has 4 rings (SSSR count). The van der Waals surface area contributed by atoms with Crippen molar-refractivity contribution in [1.82, 2.24) is 9.21 Å². The first-order chi connectivity index (χ1) is 14.0. The van der Waals surface area contributed by atoms with Gasteiger partial charge < -0.3 is 14.4 Å². The van der Waals surface area contributed by atoms with Crippen LogP contribution in [0.3, 0.4) is 0 Å². The van der Waals surface area contributed by atoms with Crippen molar-refractivity contribution in [1.29, 1.82) is 0 Å². The molecule has 29 heavy (non-hydrogen) atoms. The highest BCUT2D eigenvalue weighted by molar-refractivity contribution is 7.89. The molecule has 7 nitrogen and oxygen atoms in total. The summed E-state index contributed by atoms with van der Waals surface area (Å²) in [4.78, 5) is 14.2. The second-order valence-corrected chi connectivity index (χ2v) is 8.72. The maximum Gasteiger partial charge on any atom is 0.246 e. The fourth-order valence-corrected chi connectivity index (χ4v) is 4.76. The van der Waals surface area contributed by atoms with Crippen molar-refractivity contribution < 1.29 is 22.7 Å². The molecule has 0 bridgehead atoms. The van der Waals surface area contributed by atoms with E-state index in [0.29, 0.717) is 37.8 Å². The van der Waals surface area contributed by atoms with E-state index in [0.717, 1.165) is 5.56 Å². The monoisotopic (exact) mass is 414 g/mol. The summed E-state index contributed by atoms with van der Waals surface area (Å²) in [7, 11) is -3.66. The van der Waals surface area contributed by atoms with Crippen molar-refractivity contribution in [3.05, 3.63) is 60.2 Å². The van der Waals surface area contributed by atoms with Gasteiger partial charge in [0.15, 0.2) is 11.5 Å². The SMILES string of the molecule is O=C(/C=C/c1ccccc1)N1CCN(S(=O)(=O)c2ccc3c(c2)OCCO3)CC1. The van der Waals surface area contributed by atoms with Gasteiger partial charge in [0.1, 0.15) is 13.2 Å². The lowest BCUT2D eigenvalue weighted by molar-refractivity contribution is -0.127. The minimum atomic E-state index is -3.66. The predicted molar refractivity (Wildman–Crippen MR) is 108 cm³/mol. The zero-order valence-electron chi connectivity index (χ0n) is 15.9. The molecule has 0 saturated carbocycles. The smallest absolute Gasteiger partial charge is 0.246 e. The molecule has 0 spiro atoms. The van der Waals surface area contributed by atoms with Crippen LogP contribution in [0.1, 0.15) is 5.56 Å². The molecule has 0 aliphatic carbocycles. The lowest BCUT2D eigenvalue weighted by atomic mass is 10.2. The van der Waals surface area contributed by atoms with Gasteiger partial charge in [0, 0.05) is 38.3 Å². The molecule has 8 heteroatoms. The number of hydrogen-bond acceptors (Lipinski definition) is 5. The highest BCUT2D eigenvalue weighted by atomic mass is 32.2. The zero-order chi connectivity index (χ0) is 20.3. The van der Waals surface area contributed by atoms with Gasteiger partial charge in [-0.3, -0.25) is 4.79 Å². The van der Waals surface area contributed by atoms with E-state index in [4.69, 9.17) is 9.47 Å². The molecule has 1 saturated heterocycles. The van der Waals surface area contributed by atoms with Crippen LogP contribution in [0.25, 0.3) is 6.08 Å². The highest BCUT2D eigenvalue weighted by Crippen LogP contribution is 2.33. The molecule has 0 radical (unpaired) electrons. The minimum absolute atomic E-state index is 0.120. The van der Waals surface area contributed by atoms with Crippen LogP contribution in [-0.2, 0) is 14.8 Å². The number of piperazine rings is 1. The lowest BCUT2D eigenvalue weighted by Gasteiger charge is -2.33. The Morgan fingerprint density at radius 3 is 2.31 bits per heavy atom. The zero-order valence-corrected chi connectivity index (χ0v) is 16.7. The Hall–Kier alpha value is -2.84. The molecule has 152 valence electrons. The first-order valence-corrected chi connectivity index (χ1v) is 10.9. The van der Waals surface area contributed by atoms with Crippen molar-refractivity contribution in [2.75, 3.05) is 39.4 Å². The number of carbonyl (C=O) groups excluding carboxylic acids is 1. The number of hydrogen-bond donors (Lipinski definition) is 0. The van der Waals surface area contributed by atoms with Crippen LogP contribution in [-0.4, -0.2) is 62.9 Å². The van der Waals surface area contributed by atoms with E-state index in [1.54, 1.807) is 17.0 Å². The molecule has 1 amide bonds. The average molecular weight is 414 g/mol. The third-order valence-corrected chi connectivity index (χ3v) is 6.81. The van der Waals surface area contributed by atoms with E-state index in [-0.39, 0.29) is 23.9 Å². The summed E-state index contributed by atoms with van der Waals surface area (Å²) < 4.78 is 38.3. The van der Waals surface area contributed by atoms with Gasteiger partial charge in [-0.25, -0.2) is 8.42 Å². The van der Waals surface area contributed by atoms with Gasteiger partial charge in [-0.05, 0) is 23.8 Å². The molecule has 2 aromatic rings. The van der Waals surface area contributed by atoms with Crippen molar-refractivity contribution in [3.63, 3.8) is 0 Å². The Morgan fingerprint density at radius 2 is 1.59 bits per heavy atom. The van der Waals surface area contributed by atoms with E-state index in [2.05, 4.69) is 0 Å². The molecule has 1 fully saturated rings. The van der Waals surface area contributed by atoms with Gasteiger partial charge in [0.25, 0.3) is 0 Å². The molecular weight excluding hydrogens is 392 g/mol. The Morgan fingerprint density at radius 1 is 0.897 bits per heavy atom. The molecular formula is C21H22N2O5S. The average Bonchev–Trinajstić information content (AvgIpc) is 2.78. The van der Waals surface area contributed by atoms with Crippen molar-refractivity contribution >= 4 is 22.0 Å². The second-order valence-electron chi connectivity index (χ2n) is 6.78. The number of carbonyl (C=O) groups is 1. The largest absolute Gasteiger partial charge is 0.486 e. The highest BCUT2D eigenvalue weighted by Gasteiger charge is 2.30. The van der Waals surface area contributed by atoms with E-state index in [1.807, 2.05) is 30.3 Å². The van der Waals surface area contributed by atoms with E-state index < -0.39 is 10.0 Å². The lowest BCUT2D eigenvalue weighted by Crippen LogP contribution is -2.50. The third-order valence-electron chi connectivity index (χ3n) is 4.92. The van der Waals surface area contributed by atoms with Gasteiger partial charge in [-0.2, -0.15) is 4.31 Å². The van der Waals surface area contributed by atoms with Gasteiger partial charge in [0.05, 0.1) is 4.90 Å². The number of rotatable bonds is 4. The summed E-state index contributed by atoms with van der Waals surface area (Å²) in [6.45, 7) is 2.05. The number of amides is 1. The Bertz CT molecular complexity index is 1010. The van der Waals surface area contributed by atoms with Crippen molar-refractivity contribution in [3.8, 4) is 11.5 Å². The molecule has 2 aromatic carbocycles. The first-order valence-electron chi connectivity index (χ1n) is 9.46. The summed E-state index contributed by atoms with van der Waals surface area (Å²) in [6.07, 6.45) is 3.29. The van der Waals surface area contributed by atoms with E-state index >= 15 is 0 Å². The molecule has 2 aliphatic rings. The molecule has 0 unspecified atom stereocenters. The van der Waals surface area contributed by atoms with Gasteiger partial charge in [0.2, 0.25) is 15.9 Å². The maximum atomic E-state index is 13.0. The maximum absolute atomic E-state index is 13.0. The first kappa shape index (κ1) is 19.5. The van der Waals surface area contributed by atoms with Crippen molar-refractivity contribution in [2.24, 2.45) is 0 Å². The number of nitrogens with zero attached hydrogens (tertiary/aromatic N) is 2. The summed E-state index contributed by atoms with van der Waals surface area (Å²) in [5, 5.41) is 0. The molecule has 0 atom stereocenters. The quantitative estimate of drug-likeness (QED) is 0.716. The fraction of sp³-hybridized carbons (Fsp3) is 0.286. The normalized spacial score (nSPS) is 17.4. The summed E-state index contributed by atoms with van der Waals surface area (Å²) in [6, 6.07) is 14.2. The van der Waals surface area contributed by atoms with Gasteiger partial charge >= 0.3 is 0 Å². The van der Waals surface area contributed by atoms with Crippen LogP contribution >= 0.6 is 0 Å². The summed E-state index contributed by atoms with van der Waals surface area (Å²) >= 11 is 0. The van der Waals surface area contributed by atoms with Crippen LogP contribution in [0, 0.1) is 0 Å². The van der Waals surface area contributed by atoms with Gasteiger partial charge in [-0.1, -0.05) is 30.3 Å². The van der Waals surface area contributed by atoms with Crippen LogP contribution < -0.4 is 9.47 Å². The number of benzene rings is 2. The predicted octanol–water partition coefficient (Wildman–Crippen LogP) is 2.00. The van der Waals surface area contributed by atoms with Crippen LogP contribution in [0.2, 0.25) is 0 Å². The molecule has 0 aromatic heterocycles. The van der Waals surface area contributed by atoms with E-state index in [1.165, 1.54) is 22.5 Å². The number of sulfonamides is 1. The number of ether oxygens (including phenoxy) is 2. The Labute approximate surface area is 170 Å². The summed E-state index contributed by atoms with van der Waals surface area (Å²) in [5.74, 6) is 0.873. The Balaban J connectivity index is 1.40. The van der Waals surface area contributed by atoms with Crippen LogP contribution in [0.5, 0.6) is 11.5 Å². The van der Waals surface area contributed by atoms with Crippen LogP contribution in [0.15, 0.2) is 59.5 Å². The molecule has 0 N–H and O–H groups in total. The van der Waals surface area contributed by atoms with Crippen molar-refractivity contribution in [2.45, 2.75) is 4.90 Å².